The van der Waals surface area contributed by atoms with Gasteiger partial charge in [0.15, 0.2) is 0 Å². The molecule has 0 fully saturated rings. The molecular formula is C12H14N4O3. The molecule has 1 aromatic heterocycles. The van der Waals surface area contributed by atoms with Gasteiger partial charge in [0, 0.05) is 7.05 Å². The molecule has 1 aromatic carbocycles. The van der Waals surface area contributed by atoms with Crippen molar-refractivity contribution in [3.05, 3.63) is 30.1 Å². The fraction of sp³-hybridized carbons (Fsp3) is 0.250. The number of hydrogen-bond donors (Lipinski definition) is 2. The monoisotopic (exact) mass is 262 g/mol. The predicted molar refractivity (Wildman–Crippen MR) is 68.3 cm³/mol. The number of benzene rings is 1. The number of imidazole rings is 1. The molecule has 100 valence electrons. The van der Waals surface area contributed by atoms with Crippen LogP contribution in [0, 0.1) is 0 Å². The summed E-state index contributed by atoms with van der Waals surface area (Å²) < 4.78 is 6.28. The molecule has 0 bridgehead atoms. The van der Waals surface area contributed by atoms with E-state index in [9.17, 15) is 9.59 Å². The van der Waals surface area contributed by atoms with Crippen LogP contribution in [0.1, 0.15) is 17.5 Å². The zero-order valence-electron chi connectivity index (χ0n) is 10.6. The second-order valence-corrected chi connectivity index (χ2v) is 3.78. The number of ether oxygens (including phenoxy) is 1. The van der Waals surface area contributed by atoms with Gasteiger partial charge in [-0.2, -0.15) is 0 Å². The first-order chi connectivity index (χ1) is 9.13. The summed E-state index contributed by atoms with van der Waals surface area (Å²) in [6.45, 7) is 1.90. The van der Waals surface area contributed by atoms with E-state index in [2.05, 4.69) is 20.6 Å². The van der Waals surface area contributed by atoms with Crippen LogP contribution in [0.15, 0.2) is 24.3 Å². The van der Waals surface area contributed by atoms with Gasteiger partial charge in [-0.15, -0.1) is 0 Å². The summed E-state index contributed by atoms with van der Waals surface area (Å²) in [5.41, 5.74) is 5.93. The Morgan fingerprint density at radius 3 is 2.74 bits per heavy atom. The summed E-state index contributed by atoms with van der Waals surface area (Å²) in [6.07, 6.45) is -0.713. The first kappa shape index (κ1) is 12.9. The van der Waals surface area contributed by atoms with Crippen molar-refractivity contribution in [3.63, 3.8) is 0 Å². The maximum atomic E-state index is 11.9. The van der Waals surface area contributed by atoms with Gasteiger partial charge in [0.25, 0.3) is 0 Å². The second-order valence-electron chi connectivity index (χ2n) is 3.78. The summed E-state index contributed by atoms with van der Waals surface area (Å²) in [5.74, 6) is -0.301. The second kappa shape index (κ2) is 5.38. The zero-order valence-corrected chi connectivity index (χ0v) is 10.6. The molecule has 0 aliphatic carbocycles. The highest BCUT2D eigenvalue weighted by Gasteiger charge is 2.15. The molecule has 0 unspecified atom stereocenters. The Kier molecular flexibility index (Phi) is 3.65. The lowest BCUT2D eigenvalue weighted by Crippen LogP contribution is -2.42. The van der Waals surface area contributed by atoms with Gasteiger partial charge in [0.1, 0.15) is 0 Å². The van der Waals surface area contributed by atoms with Crippen molar-refractivity contribution >= 4 is 23.0 Å². The number of nitrogens with one attached hydrogen (secondary N) is 2. The van der Waals surface area contributed by atoms with E-state index in [4.69, 9.17) is 0 Å². The fourth-order valence-electron chi connectivity index (χ4n) is 1.68. The topological polar surface area (TPSA) is 85.2 Å². The van der Waals surface area contributed by atoms with E-state index in [1.165, 1.54) is 0 Å². The minimum Gasteiger partial charge on any atom is -0.449 e. The van der Waals surface area contributed by atoms with E-state index in [1.54, 1.807) is 18.5 Å². The molecular weight excluding hydrogens is 248 g/mol. The number of aryl methyl sites for hydroxylation is 1. The van der Waals surface area contributed by atoms with E-state index in [-0.39, 0.29) is 12.4 Å². The maximum Gasteiger partial charge on any atom is 0.426 e. The third kappa shape index (κ3) is 2.65. The number of rotatable bonds is 2. The third-order valence-corrected chi connectivity index (χ3v) is 2.54. The number of hydrazine groups is 1. The van der Waals surface area contributed by atoms with Crippen molar-refractivity contribution in [2.75, 3.05) is 6.61 Å². The smallest absolute Gasteiger partial charge is 0.426 e. The van der Waals surface area contributed by atoms with Gasteiger partial charge in [0.2, 0.25) is 5.82 Å². The van der Waals surface area contributed by atoms with E-state index in [1.807, 2.05) is 24.3 Å². The molecule has 7 nitrogen and oxygen atoms in total. The first-order valence-electron chi connectivity index (χ1n) is 5.78. The molecule has 0 saturated carbocycles. The van der Waals surface area contributed by atoms with Gasteiger partial charge >= 0.3 is 12.0 Å². The lowest BCUT2D eigenvalue weighted by atomic mass is 10.3. The van der Waals surface area contributed by atoms with Crippen molar-refractivity contribution in [1.82, 2.24) is 20.4 Å². The SMILES string of the molecule is CCOC(=O)NNC(=O)c1nc2ccccc2n1C. The Morgan fingerprint density at radius 1 is 1.32 bits per heavy atom. The van der Waals surface area contributed by atoms with Crippen LogP contribution in [0.4, 0.5) is 4.79 Å². The van der Waals surface area contributed by atoms with Crippen LogP contribution < -0.4 is 10.9 Å². The first-order valence-corrected chi connectivity index (χ1v) is 5.78. The predicted octanol–water partition coefficient (Wildman–Crippen LogP) is 0.964. The minimum atomic E-state index is -0.713. The number of aromatic nitrogens is 2. The number of para-hydroxylation sites is 2. The van der Waals surface area contributed by atoms with Gasteiger partial charge < -0.3 is 9.30 Å². The molecule has 2 amide bonds. The van der Waals surface area contributed by atoms with Crippen molar-refractivity contribution < 1.29 is 14.3 Å². The van der Waals surface area contributed by atoms with Gasteiger partial charge in [-0.05, 0) is 19.1 Å². The highest BCUT2D eigenvalue weighted by molar-refractivity contribution is 5.95. The largest absolute Gasteiger partial charge is 0.449 e. The summed E-state index contributed by atoms with van der Waals surface area (Å²) in [7, 11) is 1.73. The normalized spacial score (nSPS) is 10.2. The summed E-state index contributed by atoms with van der Waals surface area (Å²) in [6, 6.07) is 7.37. The number of carbonyl (C=O) groups excluding carboxylic acids is 2. The fourth-order valence-corrected chi connectivity index (χ4v) is 1.68. The number of carbonyl (C=O) groups is 2. The molecule has 2 rings (SSSR count). The zero-order chi connectivity index (χ0) is 13.8. The lowest BCUT2D eigenvalue weighted by molar-refractivity contribution is 0.0900. The molecule has 0 saturated heterocycles. The van der Waals surface area contributed by atoms with E-state index in [0.717, 1.165) is 5.52 Å². The third-order valence-electron chi connectivity index (χ3n) is 2.54. The van der Waals surface area contributed by atoms with Gasteiger partial charge in [-0.3, -0.25) is 10.2 Å². The summed E-state index contributed by atoms with van der Waals surface area (Å²) >= 11 is 0. The highest BCUT2D eigenvalue weighted by Crippen LogP contribution is 2.13. The van der Waals surface area contributed by atoms with Gasteiger partial charge in [-0.25, -0.2) is 15.2 Å². The number of amides is 2. The number of fused-ring (bicyclic) bond motifs is 1. The average molecular weight is 262 g/mol. The van der Waals surface area contributed by atoms with Crippen molar-refractivity contribution in [3.8, 4) is 0 Å². The molecule has 0 spiro atoms. The standard InChI is InChI=1S/C12H14N4O3/c1-3-19-12(18)15-14-11(17)10-13-8-6-4-5-7-9(8)16(10)2/h4-7H,3H2,1-2H3,(H,14,17)(H,15,18). The summed E-state index contributed by atoms with van der Waals surface area (Å²) in [5, 5.41) is 0. The molecule has 0 radical (unpaired) electrons. The average Bonchev–Trinajstić information content (AvgIpc) is 2.74. The van der Waals surface area contributed by atoms with Crippen LogP contribution >= 0.6 is 0 Å². The van der Waals surface area contributed by atoms with Gasteiger partial charge in [0.05, 0.1) is 17.6 Å². The molecule has 1 heterocycles. The van der Waals surface area contributed by atoms with E-state index >= 15 is 0 Å². The molecule has 0 aliphatic rings. The molecule has 0 aliphatic heterocycles. The summed E-state index contributed by atoms with van der Waals surface area (Å²) in [4.78, 5) is 27.1. The Morgan fingerprint density at radius 2 is 2.05 bits per heavy atom. The Balaban J connectivity index is 2.13. The van der Waals surface area contributed by atoms with E-state index < -0.39 is 12.0 Å². The maximum absolute atomic E-state index is 11.9. The van der Waals surface area contributed by atoms with Crippen molar-refractivity contribution in [2.45, 2.75) is 6.92 Å². The minimum absolute atomic E-state index is 0.206. The molecule has 0 atom stereocenters. The van der Waals surface area contributed by atoms with E-state index in [0.29, 0.717) is 5.52 Å². The van der Waals surface area contributed by atoms with Gasteiger partial charge in [-0.1, -0.05) is 12.1 Å². The molecule has 2 aromatic rings. The number of hydrogen-bond acceptors (Lipinski definition) is 4. The Labute approximate surface area is 109 Å². The van der Waals surface area contributed by atoms with Crippen LogP contribution in [0.25, 0.3) is 11.0 Å². The lowest BCUT2D eigenvalue weighted by Gasteiger charge is -2.06. The number of nitrogens with zero attached hydrogens (tertiary/aromatic N) is 2. The van der Waals surface area contributed by atoms with Crippen LogP contribution in [-0.2, 0) is 11.8 Å². The molecule has 2 N–H and O–H groups in total. The Bertz CT molecular complexity index is 620. The molecule has 19 heavy (non-hydrogen) atoms. The quantitative estimate of drug-likeness (QED) is 0.789. The van der Waals surface area contributed by atoms with Crippen LogP contribution in [-0.4, -0.2) is 28.2 Å². The van der Waals surface area contributed by atoms with Crippen molar-refractivity contribution in [1.29, 1.82) is 0 Å². The highest BCUT2D eigenvalue weighted by atomic mass is 16.5. The molecule has 7 heteroatoms. The van der Waals surface area contributed by atoms with Crippen LogP contribution in [0.2, 0.25) is 0 Å². The van der Waals surface area contributed by atoms with Crippen LogP contribution in [0.5, 0.6) is 0 Å². The van der Waals surface area contributed by atoms with Crippen LogP contribution in [0.3, 0.4) is 0 Å². The van der Waals surface area contributed by atoms with Crippen molar-refractivity contribution in [2.24, 2.45) is 7.05 Å². The Hall–Kier alpha value is -2.57.